The molecule has 1 aromatic rings. The zero-order valence-corrected chi connectivity index (χ0v) is 19.1. The third-order valence-corrected chi connectivity index (χ3v) is 6.69. The van der Waals surface area contributed by atoms with Gasteiger partial charge in [0.1, 0.15) is 23.0 Å². The SMILES string of the molecule is CCC1=C(C)CN(C(=O)NC2COc3cc(OC)c(S(=O)(=O)NC(=O)NC)cc3C2)C1=O. The van der Waals surface area contributed by atoms with Crippen LogP contribution in [0.15, 0.2) is 28.2 Å². The van der Waals surface area contributed by atoms with E-state index < -0.39 is 28.1 Å². The quantitative estimate of drug-likeness (QED) is 0.585. The lowest BCUT2D eigenvalue weighted by Gasteiger charge is -2.28. The Balaban J connectivity index is 1.78. The fraction of sp³-hybridized carbons (Fsp3) is 0.450. The van der Waals surface area contributed by atoms with Crippen LogP contribution in [0.25, 0.3) is 0 Å². The van der Waals surface area contributed by atoms with Crippen LogP contribution in [-0.2, 0) is 21.2 Å². The summed E-state index contributed by atoms with van der Waals surface area (Å²) in [6, 6.07) is 0.870. The molecule has 2 heterocycles. The topological polar surface area (TPSA) is 143 Å². The lowest BCUT2D eigenvalue weighted by Crippen LogP contribution is -2.49. The Morgan fingerprint density at radius 1 is 1.31 bits per heavy atom. The maximum atomic E-state index is 12.7. The van der Waals surface area contributed by atoms with Crippen LogP contribution in [0, 0.1) is 0 Å². The van der Waals surface area contributed by atoms with Crippen molar-refractivity contribution in [2.45, 2.75) is 37.6 Å². The van der Waals surface area contributed by atoms with E-state index in [-0.39, 0.29) is 36.1 Å². The fourth-order valence-corrected chi connectivity index (χ4v) is 4.86. The zero-order valence-electron chi connectivity index (χ0n) is 18.3. The third kappa shape index (κ3) is 4.49. The Kier molecular flexibility index (Phi) is 6.63. The molecular formula is C20H26N4O7S. The summed E-state index contributed by atoms with van der Waals surface area (Å²) >= 11 is 0. The van der Waals surface area contributed by atoms with E-state index in [0.29, 0.717) is 23.3 Å². The van der Waals surface area contributed by atoms with E-state index in [1.807, 2.05) is 18.6 Å². The molecule has 3 N–H and O–H groups in total. The normalized spacial score (nSPS) is 18.1. The molecule has 32 heavy (non-hydrogen) atoms. The Morgan fingerprint density at radius 3 is 2.62 bits per heavy atom. The van der Waals surface area contributed by atoms with Gasteiger partial charge in [0.25, 0.3) is 15.9 Å². The second-order valence-corrected chi connectivity index (χ2v) is 9.11. The molecular weight excluding hydrogens is 440 g/mol. The Labute approximate surface area is 186 Å². The van der Waals surface area contributed by atoms with E-state index >= 15 is 0 Å². The van der Waals surface area contributed by atoms with Crippen LogP contribution in [0.5, 0.6) is 11.5 Å². The highest BCUT2D eigenvalue weighted by Crippen LogP contribution is 2.35. The van der Waals surface area contributed by atoms with Gasteiger partial charge in [0.2, 0.25) is 0 Å². The molecule has 1 atom stereocenters. The molecule has 2 aliphatic heterocycles. The molecule has 0 fully saturated rings. The summed E-state index contributed by atoms with van der Waals surface area (Å²) in [6.07, 6.45) is 0.820. The molecule has 1 unspecified atom stereocenters. The number of methoxy groups -OCH3 is 1. The van der Waals surface area contributed by atoms with E-state index in [1.54, 1.807) is 0 Å². The van der Waals surface area contributed by atoms with E-state index in [2.05, 4.69) is 10.6 Å². The van der Waals surface area contributed by atoms with Gasteiger partial charge in [0.15, 0.2) is 0 Å². The van der Waals surface area contributed by atoms with Gasteiger partial charge in [-0.25, -0.2) is 22.7 Å². The molecule has 1 aromatic carbocycles. The molecule has 12 heteroatoms. The van der Waals surface area contributed by atoms with Crippen LogP contribution >= 0.6 is 0 Å². The molecule has 0 saturated heterocycles. The summed E-state index contributed by atoms with van der Waals surface area (Å²) < 4.78 is 38.0. The second-order valence-electron chi connectivity index (χ2n) is 7.46. The number of nitrogens with zero attached hydrogens (tertiary/aromatic N) is 1. The molecule has 0 aliphatic carbocycles. The molecule has 0 aromatic heterocycles. The molecule has 0 saturated carbocycles. The maximum Gasteiger partial charge on any atom is 0.328 e. The van der Waals surface area contributed by atoms with Gasteiger partial charge in [0, 0.05) is 18.7 Å². The lowest BCUT2D eigenvalue weighted by molar-refractivity contribution is -0.123. The first-order valence-electron chi connectivity index (χ1n) is 10.0. The Hall–Kier alpha value is -3.28. The van der Waals surface area contributed by atoms with Gasteiger partial charge in [-0.2, -0.15) is 0 Å². The molecule has 0 bridgehead atoms. The van der Waals surface area contributed by atoms with Crippen LogP contribution in [0.4, 0.5) is 9.59 Å². The summed E-state index contributed by atoms with van der Waals surface area (Å²) in [5, 5.41) is 4.96. The number of carbonyl (C=O) groups excluding carboxylic acids is 3. The number of fused-ring (bicyclic) bond motifs is 1. The number of ether oxygens (including phenoxy) is 2. The first kappa shape index (κ1) is 23.4. The van der Waals surface area contributed by atoms with Crippen LogP contribution in [-0.4, -0.2) is 64.6 Å². The summed E-state index contributed by atoms with van der Waals surface area (Å²) in [4.78, 5) is 37.5. The predicted octanol–water partition coefficient (Wildman–Crippen LogP) is 0.895. The molecule has 5 amide bonds. The van der Waals surface area contributed by atoms with E-state index in [9.17, 15) is 22.8 Å². The van der Waals surface area contributed by atoms with Crippen molar-refractivity contribution in [3.63, 3.8) is 0 Å². The monoisotopic (exact) mass is 466 g/mol. The highest BCUT2D eigenvalue weighted by molar-refractivity contribution is 7.90. The van der Waals surface area contributed by atoms with E-state index in [1.165, 1.54) is 26.3 Å². The molecule has 0 spiro atoms. The summed E-state index contributed by atoms with van der Waals surface area (Å²) in [7, 11) is -1.61. The highest BCUT2D eigenvalue weighted by Gasteiger charge is 2.34. The van der Waals surface area contributed by atoms with E-state index in [0.717, 1.165) is 10.5 Å². The van der Waals surface area contributed by atoms with Crippen molar-refractivity contribution in [3.05, 3.63) is 28.8 Å². The molecule has 0 radical (unpaired) electrons. The van der Waals surface area contributed by atoms with Crippen molar-refractivity contribution in [3.8, 4) is 11.5 Å². The third-order valence-electron chi connectivity index (χ3n) is 5.34. The average Bonchev–Trinajstić information content (AvgIpc) is 3.05. The summed E-state index contributed by atoms with van der Waals surface area (Å²) in [5.74, 6) is 0.117. The van der Waals surface area contributed by atoms with Gasteiger partial charge in [-0.3, -0.25) is 9.69 Å². The van der Waals surface area contributed by atoms with Crippen molar-refractivity contribution in [1.82, 2.24) is 20.3 Å². The number of urea groups is 2. The number of carbonyl (C=O) groups is 3. The van der Waals surface area contributed by atoms with Gasteiger partial charge in [-0.15, -0.1) is 0 Å². The first-order chi connectivity index (χ1) is 15.1. The fourth-order valence-electron chi connectivity index (χ4n) is 3.70. The van der Waals surface area contributed by atoms with Crippen molar-refractivity contribution in [2.75, 3.05) is 27.3 Å². The van der Waals surface area contributed by atoms with Crippen molar-refractivity contribution < 1.29 is 32.3 Å². The van der Waals surface area contributed by atoms with Crippen LogP contribution in [0.1, 0.15) is 25.8 Å². The number of imide groups is 1. The smallest absolute Gasteiger partial charge is 0.328 e. The van der Waals surface area contributed by atoms with Crippen LogP contribution in [0.3, 0.4) is 0 Å². The highest BCUT2D eigenvalue weighted by atomic mass is 32.2. The standard InChI is InChI=1S/C20H26N4O7S/c1-5-14-11(2)9-24(18(14)25)20(27)22-13-6-12-7-17(32(28,29)23-19(26)21-3)16(30-4)8-15(12)31-10-13/h7-8,13H,5-6,9-10H2,1-4H3,(H,22,27)(H2,21,23,26). The number of rotatable bonds is 5. The number of sulfonamides is 1. The molecule has 11 nitrogen and oxygen atoms in total. The van der Waals surface area contributed by atoms with Crippen LogP contribution < -0.4 is 24.8 Å². The van der Waals surface area contributed by atoms with Gasteiger partial charge in [-0.05, 0) is 37.0 Å². The predicted molar refractivity (Wildman–Crippen MR) is 114 cm³/mol. The van der Waals surface area contributed by atoms with Crippen LogP contribution in [0.2, 0.25) is 0 Å². The first-order valence-corrected chi connectivity index (χ1v) is 11.5. The summed E-state index contributed by atoms with van der Waals surface area (Å²) in [5.41, 5.74) is 2.01. The number of hydrogen-bond acceptors (Lipinski definition) is 7. The Morgan fingerprint density at radius 2 is 2.03 bits per heavy atom. The molecule has 174 valence electrons. The Bertz CT molecular complexity index is 1100. The lowest BCUT2D eigenvalue weighted by atomic mass is 10.0. The minimum atomic E-state index is -4.21. The van der Waals surface area contributed by atoms with Crippen molar-refractivity contribution in [2.24, 2.45) is 0 Å². The maximum absolute atomic E-state index is 12.7. The van der Waals surface area contributed by atoms with Gasteiger partial charge in [0.05, 0.1) is 19.7 Å². The average molecular weight is 467 g/mol. The zero-order chi connectivity index (χ0) is 23.6. The molecule has 3 rings (SSSR count). The van der Waals surface area contributed by atoms with E-state index in [4.69, 9.17) is 9.47 Å². The summed E-state index contributed by atoms with van der Waals surface area (Å²) in [6.45, 7) is 4.07. The van der Waals surface area contributed by atoms with Gasteiger partial charge in [-0.1, -0.05) is 6.92 Å². The molecule has 2 aliphatic rings. The van der Waals surface area contributed by atoms with Crippen molar-refractivity contribution >= 4 is 28.0 Å². The number of nitrogens with one attached hydrogen (secondary N) is 3. The second kappa shape index (κ2) is 9.07. The number of hydrogen-bond donors (Lipinski definition) is 3. The minimum absolute atomic E-state index is 0.0129. The minimum Gasteiger partial charge on any atom is -0.495 e. The van der Waals surface area contributed by atoms with Gasteiger partial charge < -0.3 is 20.1 Å². The van der Waals surface area contributed by atoms with Gasteiger partial charge >= 0.3 is 12.1 Å². The van der Waals surface area contributed by atoms with Crippen molar-refractivity contribution in [1.29, 1.82) is 0 Å². The largest absolute Gasteiger partial charge is 0.495 e. The number of amides is 5. The number of benzene rings is 1.